The summed E-state index contributed by atoms with van der Waals surface area (Å²) in [5, 5.41) is 3.24. The fourth-order valence-electron chi connectivity index (χ4n) is 2.69. The molecule has 0 aliphatic heterocycles. The largest absolute Gasteiger partial charge is 0.354 e. The lowest BCUT2D eigenvalue weighted by Gasteiger charge is -2.25. The molecule has 6 nitrogen and oxygen atoms in total. The Labute approximate surface area is 172 Å². The molecule has 0 fully saturated rings. The van der Waals surface area contributed by atoms with Crippen LogP contribution in [0.5, 0.6) is 0 Å². The minimum Gasteiger partial charge on any atom is -0.354 e. The molecular weight excluding hydrogens is 398 g/mol. The molecule has 0 radical (unpaired) electrons. The van der Waals surface area contributed by atoms with Crippen LogP contribution in [0.2, 0.25) is 5.02 Å². The molecule has 0 saturated heterocycles. The molecule has 0 atom stereocenters. The Bertz CT molecular complexity index is 899. The van der Waals surface area contributed by atoms with Crippen LogP contribution in [0.15, 0.2) is 53.4 Å². The second kappa shape index (κ2) is 9.91. The maximum atomic E-state index is 13.2. The van der Waals surface area contributed by atoms with Crippen molar-refractivity contribution in [3.63, 3.8) is 0 Å². The van der Waals surface area contributed by atoms with Crippen LogP contribution < -0.4 is 9.62 Å². The number of carbonyl (C=O) groups is 1. The standard InChI is InChI=1S/C20H26ClN3O3S/c1-16-7-4-5-8-19(16)24(15-20(25)22-13-6-14-23(2)3)28(26,27)18-11-9-17(21)10-12-18/h4-5,7-12H,6,13-15H2,1-3H3,(H,22,25). The van der Waals surface area contributed by atoms with Crippen LogP contribution in [-0.2, 0) is 14.8 Å². The highest BCUT2D eigenvalue weighted by Gasteiger charge is 2.28. The lowest BCUT2D eigenvalue weighted by Crippen LogP contribution is -2.41. The quantitative estimate of drug-likeness (QED) is 0.629. The van der Waals surface area contributed by atoms with E-state index in [4.69, 9.17) is 11.6 Å². The van der Waals surface area contributed by atoms with Crippen LogP contribution in [0.3, 0.4) is 0 Å². The van der Waals surface area contributed by atoms with E-state index in [9.17, 15) is 13.2 Å². The van der Waals surface area contributed by atoms with Gasteiger partial charge in [0.15, 0.2) is 0 Å². The van der Waals surface area contributed by atoms with Crippen molar-refractivity contribution in [2.75, 3.05) is 38.0 Å². The number of anilines is 1. The number of benzene rings is 2. The van der Waals surface area contributed by atoms with Crippen molar-refractivity contribution in [2.45, 2.75) is 18.2 Å². The van der Waals surface area contributed by atoms with E-state index < -0.39 is 10.0 Å². The second-order valence-electron chi connectivity index (χ2n) is 6.76. The Morgan fingerprint density at radius 3 is 2.32 bits per heavy atom. The molecule has 0 aromatic heterocycles. The van der Waals surface area contributed by atoms with E-state index >= 15 is 0 Å². The Kier molecular flexibility index (Phi) is 7.86. The van der Waals surface area contributed by atoms with Crippen LogP contribution in [0.25, 0.3) is 0 Å². The molecule has 1 N–H and O–H groups in total. The topological polar surface area (TPSA) is 69.7 Å². The van der Waals surface area contributed by atoms with Gasteiger partial charge < -0.3 is 10.2 Å². The van der Waals surface area contributed by atoms with E-state index in [1.54, 1.807) is 12.1 Å². The number of nitrogens with zero attached hydrogens (tertiary/aromatic N) is 2. The van der Waals surface area contributed by atoms with Gasteiger partial charge in [0.25, 0.3) is 10.0 Å². The number of aryl methyl sites for hydroxylation is 1. The highest BCUT2D eigenvalue weighted by Crippen LogP contribution is 2.27. The first-order chi connectivity index (χ1) is 13.2. The van der Waals surface area contributed by atoms with Gasteiger partial charge in [-0.2, -0.15) is 0 Å². The van der Waals surface area contributed by atoms with Crippen molar-refractivity contribution >= 4 is 33.2 Å². The summed E-state index contributed by atoms with van der Waals surface area (Å²) in [5.74, 6) is -0.348. The Morgan fingerprint density at radius 1 is 1.07 bits per heavy atom. The van der Waals surface area contributed by atoms with Crippen LogP contribution >= 0.6 is 11.6 Å². The average molecular weight is 424 g/mol. The fourth-order valence-corrected chi connectivity index (χ4v) is 4.30. The molecule has 2 aromatic rings. The van der Waals surface area contributed by atoms with Gasteiger partial charge in [-0.05, 0) is 69.9 Å². The van der Waals surface area contributed by atoms with E-state index in [-0.39, 0.29) is 17.3 Å². The van der Waals surface area contributed by atoms with Gasteiger partial charge in [0.2, 0.25) is 5.91 Å². The summed E-state index contributed by atoms with van der Waals surface area (Å²) in [6, 6.07) is 13.0. The van der Waals surface area contributed by atoms with Gasteiger partial charge in [0.1, 0.15) is 6.54 Å². The van der Waals surface area contributed by atoms with Gasteiger partial charge >= 0.3 is 0 Å². The Hall–Kier alpha value is -2.09. The minimum atomic E-state index is -3.93. The average Bonchev–Trinajstić information content (AvgIpc) is 2.64. The van der Waals surface area contributed by atoms with E-state index in [2.05, 4.69) is 5.32 Å². The van der Waals surface area contributed by atoms with E-state index in [1.165, 1.54) is 24.3 Å². The number of sulfonamides is 1. The fraction of sp³-hybridized carbons (Fsp3) is 0.350. The van der Waals surface area contributed by atoms with E-state index in [0.29, 0.717) is 17.3 Å². The highest BCUT2D eigenvalue weighted by atomic mass is 35.5. The van der Waals surface area contributed by atoms with Gasteiger partial charge in [-0.1, -0.05) is 29.8 Å². The number of hydrogen-bond donors (Lipinski definition) is 1. The lowest BCUT2D eigenvalue weighted by atomic mass is 10.2. The molecule has 1 amide bonds. The zero-order chi connectivity index (χ0) is 20.7. The smallest absolute Gasteiger partial charge is 0.264 e. The number of para-hydroxylation sites is 1. The molecule has 28 heavy (non-hydrogen) atoms. The molecular formula is C20H26ClN3O3S. The van der Waals surface area contributed by atoms with Gasteiger partial charge in [-0.3, -0.25) is 9.10 Å². The molecule has 8 heteroatoms. The molecule has 0 unspecified atom stereocenters. The maximum absolute atomic E-state index is 13.2. The number of halogens is 1. The number of nitrogens with one attached hydrogen (secondary N) is 1. The third-order valence-electron chi connectivity index (χ3n) is 4.18. The van der Waals surface area contributed by atoms with Crippen molar-refractivity contribution in [3.05, 3.63) is 59.1 Å². The predicted molar refractivity (Wildman–Crippen MR) is 113 cm³/mol. The summed E-state index contributed by atoms with van der Waals surface area (Å²) in [7, 11) is -0.00934. The number of carbonyl (C=O) groups excluding carboxylic acids is 1. The maximum Gasteiger partial charge on any atom is 0.264 e. The van der Waals surface area contributed by atoms with Crippen molar-refractivity contribution in [1.29, 1.82) is 0 Å². The Morgan fingerprint density at radius 2 is 1.71 bits per heavy atom. The normalized spacial score (nSPS) is 11.5. The van der Waals surface area contributed by atoms with Crippen molar-refractivity contribution in [2.24, 2.45) is 0 Å². The summed E-state index contributed by atoms with van der Waals surface area (Å²) in [5.41, 5.74) is 1.24. The van der Waals surface area contributed by atoms with Gasteiger partial charge in [-0.15, -0.1) is 0 Å². The summed E-state index contributed by atoms with van der Waals surface area (Å²) in [4.78, 5) is 14.6. The highest BCUT2D eigenvalue weighted by molar-refractivity contribution is 7.92. The second-order valence-corrected chi connectivity index (χ2v) is 9.06. The zero-order valence-electron chi connectivity index (χ0n) is 16.4. The molecule has 0 aliphatic rings. The molecule has 0 aliphatic carbocycles. The van der Waals surface area contributed by atoms with Crippen LogP contribution in [-0.4, -0.2) is 53.0 Å². The van der Waals surface area contributed by atoms with Crippen molar-refractivity contribution in [3.8, 4) is 0 Å². The number of hydrogen-bond acceptors (Lipinski definition) is 4. The summed E-state index contributed by atoms with van der Waals surface area (Å²) in [6.07, 6.45) is 0.785. The molecule has 0 spiro atoms. The third kappa shape index (κ3) is 5.95. The lowest BCUT2D eigenvalue weighted by molar-refractivity contribution is -0.119. The van der Waals surface area contributed by atoms with E-state index in [0.717, 1.165) is 22.8 Å². The minimum absolute atomic E-state index is 0.0839. The predicted octanol–water partition coefficient (Wildman–Crippen LogP) is 2.91. The molecule has 0 heterocycles. The Balaban J connectivity index is 2.27. The first-order valence-electron chi connectivity index (χ1n) is 8.97. The molecule has 2 rings (SSSR count). The van der Waals surface area contributed by atoms with Gasteiger partial charge in [0.05, 0.1) is 10.6 Å². The summed E-state index contributed by atoms with van der Waals surface area (Å²) >= 11 is 5.89. The number of amides is 1. The van der Waals surface area contributed by atoms with Crippen LogP contribution in [0, 0.1) is 6.92 Å². The van der Waals surface area contributed by atoms with Gasteiger partial charge in [0, 0.05) is 11.6 Å². The molecule has 2 aromatic carbocycles. The summed E-state index contributed by atoms with van der Waals surface area (Å²) < 4.78 is 27.6. The first kappa shape index (κ1) is 22.2. The van der Waals surface area contributed by atoms with Crippen molar-refractivity contribution in [1.82, 2.24) is 10.2 Å². The van der Waals surface area contributed by atoms with Crippen LogP contribution in [0.1, 0.15) is 12.0 Å². The number of rotatable bonds is 9. The molecule has 0 bridgehead atoms. The molecule has 0 saturated carbocycles. The SMILES string of the molecule is Cc1ccccc1N(CC(=O)NCCCN(C)C)S(=O)(=O)c1ccc(Cl)cc1. The van der Waals surface area contributed by atoms with E-state index in [1.807, 2.05) is 38.1 Å². The van der Waals surface area contributed by atoms with Gasteiger partial charge in [-0.25, -0.2) is 8.42 Å². The van der Waals surface area contributed by atoms with Crippen LogP contribution in [0.4, 0.5) is 5.69 Å². The summed E-state index contributed by atoms with van der Waals surface area (Å²) in [6.45, 7) is 2.84. The molecule has 152 valence electrons. The monoisotopic (exact) mass is 423 g/mol. The van der Waals surface area contributed by atoms with Crippen molar-refractivity contribution < 1.29 is 13.2 Å². The zero-order valence-corrected chi connectivity index (χ0v) is 17.9. The first-order valence-corrected chi connectivity index (χ1v) is 10.8. The third-order valence-corrected chi connectivity index (χ3v) is 6.20.